The normalized spacial score (nSPS) is 12.6. The molecule has 5 heteroatoms. The maximum absolute atomic E-state index is 11.4. The van der Waals surface area contributed by atoms with Crippen molar-refractivity contribution in [2.75, 3.05) is 10.6 Å². The number of nitrogens with zero attached hydrogens (tertiary/aromatic N) is 2. The molecule has 0 unspecified atom stereocenters. The summed E-state index contributed by atoms with van der Waals surface area (Å²) in [6.07, 6.45) is 4.07. The topological polar surface area (TPSA) is 66.9 Å². The quantitative estimate of drug-likeness (QED) is 0.775. The first-order chi connectivity index (χ1) is 11.8. The number of benzene rings is 2. The average Bonchev–Trinajstić information content (AvgIpc) is 3.00. The number of fused-ring (bicyclic) bond motifs is 1. The number of anilines is 2. The van der Waals surface area contributed by atoms with E-state index in [-0.39, 0.29) is 5.91 Å². The first-order valence-electron chi connectivity index (χ1n) is 7.81. The van der Waals surface area contributed by atoms with Gasteiger partial charge in [0.15, 0.2) is 0 Å². The minimum Gasteiger partial charge on any atom is -0.378 e. The molecule has 5 nitrogen and oxygen atoms in total. The molecule has 1 aromatic heterocycles. The van der Waals surface area contributed by atoms with E-state index in [9.17, 15) is 4.79 Å². The zero-order valence-electron chi connectivity index (χ0n) is 13.0. The number of hydrogen-bond donors (Lipinski definition) is 2. The van der Waals surface area contributed by atoms with Crippen LogP contribution in [0.4, 0.5) is 11.4 Å². The molecule has 2 aromatic carbocycles. The lowest BCUT2D eigenvalue weighted by Gasteiger charge is -2.07. The van der Waals surface area contributed by atoms with Gasteiger partial charge in [0, 0.05) is 29.3 Å². The summed E-state index contributed by atoms with van der Waals surface area (Å²) in [4.78, 5) is 20.3. The monoisotopic (exact) mass is 316 g/mol. The maximum atomic E-state index is 11.4. The Labute approximate surface area is 139 Å². The summed E-state index contributed by atoms with van der Waals surface area (Å²) in [7, 11) is 0. The number of rotatable bonds is 4. The van der Waals surface area contributed by atoms with E-state index >= 15 is 0 Å². The van der Waals surface area contributed by atoms with Crippen molar-refractivity contribution in [3.63, 3.8) is 0 Å². The summed E-state index contributed by atoms with van der Waals surface area (Å²) < 4.78 is 0. The molecule has 0 spiro atoms. The number of hydrogen-bond acceptors (Lipinski definition) is 4. The Morgan fingerprint density at radius 3 is 2.58 bits per heavy atom. The lowest BCUT2D eigenvalue weighted by Crippen LogP contribution is -2.03. The fourth-order valence-corrected chi connectivity index (χ4v) is 2.74. The number of carbonyl (C=O) groups excluding carboxylic acids is 1. The Kier molecular flexibility index (Phi) is 3.67. The second-order valence-corrected chi connectivity index (χ2v) is 5.70. The minimum absolute atomic E-state index is 0.0423. The van der Waals surface area contributed by atoms with Crippen LogP contribution in [0.3, 0.4) is 0 Å². The molecule has 1 aliphatic rings. The third kappa shape index (κ3) is 2.96. The zero-order chi connectivity index (χ0) is 16.4. The summed E-state index contributed by atoms with van der Waals surface area (Å²) in [6.45, 7) is 0.576. The number of nitrogens with one attached hydrogen (secondary N) is 2. The second kappa shape index (κ2) is 6.12. The van der Waals surface area contributed by atoms with E-state index in [1.54, 1.807) is 0 Å². The van der Waals surface area contributed by atoms with Crippen molar-refractivity contribution in [3.8, 4) is 11.1 Å². The van der Waals surface area contributed by atoms with Crippen LogP contribution >= 0.6 is 0 Å². The van der Waals surface area contributed by atoms with Crippen LogP contribution in [0.25, 0.3) is 11.1 Å². The number of aromatic nitrogens is 2. The maximum Gasteiger partial charge on any atom is 0.228 e. The Morgan fingerprint density at radius 1 is 1.00 bits per heavy atom. The first kappa shape index (κ1) is 14.4. The van der Waals surface area contributed by atoms with Gasteiger partial charge in [0.05, 0.1) is 13.0 Å². The first-order valence-corrected chi connectivity index (χ1v) is 7.81. The molecule has 0 aliphatic carbocycles. The Hall–Kier alpha value is -3.21. The van der Waals surface area contributed by atoms with Crippen LogP contribution in [0, 0.1) is 0 Å². The molecule has 24 heavy (non-hydrogen) atoms. The molecule has 3 aromatic rings. The fraction of sp³-hybridized carbons (Fsp3) is 0.105. The van der Waals surface area contributed by atoms with Crippen molar-refractivity contribution in [3.05, 3.63) is 72.3 Å². The second-order valence-electron chi connectivity index (χ2n) is 5.70. The molecular formula is C19H16N4O. The van der Waals surface area contributed by atoms with Crippen LogP contribution in [0.5, 0.6) is 0 Å². The molecule has 0 fully saturated rings. The molecule has 1 amide bonds. The summed E-state index contributed by atoms with van der Waals surface area (Å²) >= 11 is 0. The predicted molar refractivity (Wildman–Crippen MR) is 93.6 cm³/mol. The van der Waals surface area contributed by atoms with E-state index in [0.717, 1.165) is 33.9 Å². The number of para-hydroxylation sites is 1. The summed E-state index contributed by atoms with van der Waals surface area (Å²) in [5.41, 5.74) is 4.93. The summed E-state index contributed by atoms with van der Waals surface area (Å²) in [5, 5.41) is 6.13. The van der Waals surface area contributed by atoms with Crippen molar-refractivity contribution in [1.82, 2.24) is 9.97 Å². The van der Waals surface area contributed by atoms with Gasteiger partial charge in [0.25, 0.3) is 0 Å². The van der Waals surface area contributed by atoms with Gasteiger partial charge in [-0.2, -0.15) is 0 Å². The largest absolute Gasteiger partial charge is 0.378 e. The molecular weight excluding hydrogens is 300 g/mol. The van der Waals surface area contributed by atoms with Crippen LogP contribution < -0.4 is 10.6 Å². The summed E-state index contributed by atoms with van der Waals surface area (Å²) in [6, 6.07) is 15.9. The van der Waals surface area contributed by atoms with Crippen molar-refractivity contribution in [1.29, 1.82) is 0 Å². The van der Waals surface area contributed by atoms with Crippen molar-refractivity contribution in [2.45, 2.75) is 13.0 Å². The van der Waals surface area contributed by atoms with Crippen LogP contribution in [0.2, 0.25) is 0 Å². The van der Waals surface area contributed by atoms with E-state index in [2.05, 4.69) is 20.6 Å². The highest BCUT2D eigenvalue weighted by molar-refractivity contribution is 5.99. The van der Waals surface area contributed by atoms with E-state index in [1.165, 1.54) is 0 Å². The smallest absolute Gasteiger partial charge is 0.228 e. The predicted octanol–water partition coefficient (Wildman–Crippen LogP) is 3.25. The molecule has 1 aliphatic heterocycles. The van der Waals surface area contributed by atoms with Gasteiger partial charge in [0.2, 0.25) is 5.91 Å². The molecule has 4 rings (SSSR count). The van der Waals surface area contributed by atoms with Gasteiger partial charge >= 0.3 is 0 Å². The lowest BCUT2D eigenvalue weighted by molar-refractivity contribution is -0.115. The van der Waals surface area contributed by atoms with Crippen LogP contribution in [-0.2, 0) is 17.8 Å². The Morgan fingerprint density at radius 2 is 1.79 bits per heavy atom. The highest BCUT2D eigenvalue weighted by atomic mass is 16.1. The third-order valence-corrected chi connectivity index (χ3v) is 3.99. The molecule has 2 N–H and O–H groups in total. The fourth-order valence-electron chi connectivity index (χ4n) is 2.74. The highest BCUT2D eigenvalue weighted by Gasteiger charge is 2.17. The van der Waals surface area contributed by atoms with Crippen LogP contribution in [-0.4, -0.2) is 15.9 Å². The minimum atomic E-state index is 0.0423. The Balaban J connectivity index is 1.48. The number of carbonyl (C=O) groups is 1. The molecule has 0 atom stereocenters. The molecule has 0 bridgehead atoms. The highest BCUT2D eigenvalue weighted by Crippen LogP contribution is 2.28. The SMILES string of the molecule is O=C1Cc2cc(-c3cnc(CNc4ccccc4)nc3)ccc2N1. The molecule has 118 valence electrons. The number of amides is 1. The van der Waals surface area contributed by atoms with Gasteiger partial charge in [-0.1, -0.05) is 24.3 Å². The summed E-state index contributed by atoms with van der Waals surface area (Å²) in [5.74, 6) is 0.779. The van der Waals surface area contributed by atoms with E-state index in [4.69, 9.17) is 0 Å². The van der Waals surface area contributed by atoms with Gasteiger partial charge in [-0.3, -0.25) is 4.79 Å². The van der Waals surface area contributed by atoms with Crippen molar-refractivity contribution < 1.29 is 4.79 Å². The van der Waals surface area contributed by atoms with E-state index in [1.807, 2.05) is 60.9 Å². The third-order valence-electron chi connectivity index (χ3n) is 3.99. The van der Waals surface area contributed by atoms with Crippen LogP contribution in [0.1, 0.15) is 11.4 Å². The zero-order valence-corrected chi connectivity index (χ0v) is 13.0. The van der Waals surface area contributed by atoms with E-state index < -0.39 is 0 Å². The van der Waals surface area contributed by atoms with Gasteiger partial charge in [0.1, 0.15) is 5.82 Å². The van der Waals surface area contributed by atoms with Crippen LogP contribution in [0.15, 0.2) is 60.9 Å². The lowest BCUT2D eigenvalue weighted by atomic mass is 10.0. The standard InChI is InChI=1S/C19H16N4O/c24-19-9-14-8-13(6-7-17(14)23-19)15-10-21-18(22-11-15)12-20-16-4-2-1-3-5-16/h1-8,10-11,20H,9,12H2,(H,23,24). The molecule has 0 saturated heterocycles. The average molecular weight is 316 g/mol. The van der Waals surface area contributed by atoms with Gasteiger partial charge in [-0.25, -0.2) is 9.97 Å². The molecule has 0 saturated carbocycles. The molecule has 0 radical (unpaired) electrons. The Bertz CT molecular complexity index is 876. The van der Waals surface area contributed by atoms with Crippen molar-refractivity contribution >= 4 is 17.3 Å². The van der Waals surface area contributed by atoms with Gasteiger partial charge in [-0.15, -0.1) is 0 Å². The van der Waals surface area contributed by atoms with E-state index in [0.29, 0.717) is 13.0 Å². The van der Waals surface area contributed by atoms with Crippen molar-refractivity contribution in [2.24, 2.45) is 0 Å². The van der Waals surface area contributed by atoms with Gasteiger partial charge < -0.3 is 10.6 Å². The van der Waals surface area contributed by atoms with Gasteiger partial charge in [-0.05, 0) is 35.4 Å². The molecule has 2 heterocycles.